The summed E-state index contributed by atoms with van der Waals surface area (Å²) in [4.78, 5) is 11.5. The number of nitrogens with one attached hydrogen (secondary N) is 1. The van der Waals surface area contributed by atoms with Crippen LogP contribution in [0.15, 0.2) is 22.7 Å². The van der Waals surface area contributed by atoms with Gasteiger partial charge < -0.3 is 15.2 Å². The molecule has 0 spiro atoms. The zero-order chi connectivity index (χ0) is 12.7. The van der Waals surface area contributed by atoms with Crippen molar-refractivity contribution in [1.29, 1.82) is 0 Å². The molecule has 1 aromatic carbocycles. The molecule has 0 fully saturated rings. The molecule has 1 amide bonds. The summed E-state index contributed by atoms with van der Waals surface area (Å²) in [7, 11) is 0. The highest BCUT2D eigenvalue weighted by molar-refractivity contribution is 9.10. The van der Waals surface area contributed by atoms with E-state index in [4.69, 9.17) is 4.74 Å². The molecule has 94 valence electrons. The number of aromatic hydroxyl groups is 1. The summed E-state index contributed by atoms with van der Waals surface area (Å²) in [5.41, 5.74) is 0.617. The van der Waals surface area contributed by atoms with Crippen molar-refractivity contribution in [3.05, 3.63) is 22.7 Å². The number of unbranched alkanes of at least 4 members (excludes halogenated alkanes) is 1. The number of ether oxygens (including phenoxy) is 1. The molecule has 5 heteroatoms. The molecule has 0 heterocycles. The molecule has 1 aromatic rings. The van der Waals surface area contributed by atoms with Crippen molar-refractivity contribution in [3.63, 3.8) is 0 Å². The number of phenols is 1. The number of phenolic OH excluding ortho intramolecular Hbond substituents is 1. The maximum Gasteiger partial charge on any atom is 0.250 e. The van der Waals surface area contributed by atoms with Gasteiger partial charge in [-0.25, -0.2) is 0 Å². The van der Waals surface area contributed by atoms with Gasteiger partial charge in [0, 0.05) is 11.1 Å². The van der Waals surface area contributed by atoms with Crippen molar-refractivity contribution < 1.29 is 14.6 Å². The van der Waals surface area contributed by atoms with Crippen molar-refractivity contribution in [3.8, 4) is 5.75 Å². The summed E-state index contributed by atoms with van der Waals surface area (Å²) in [6, 6.07) is 4.66. The van der Waals surface area contributed by atoms with E-state index in [0.29, 0.717) is 16.8 Å². The predicted molar refractivity (Wildman–Crippen MR) is 70.2 cm³/mol. The maximum atomic E-state index is 11.5. The summed E-state index contributed by atoms with van der Waals surface area (Å²) < 4.78 is 5.83. The molecule has 0 aliphatic heterocycles. The monoisotopic (exact) mass is 301 g/mol. The topological polar surface area (TPSA) is 58.6 Å². The Labute approximate surface area is 109 Å². The van der Waals surface area contributed by atoms with E-state index in [9.17, 15) is 9.90 Å². The number of carbonyl (C=O) groups is 1. The smallest absolute Gasteiger partial charge is 0.250 e. The van der Waals surface area contributed by atoms with E-state index < -0.39 is 0 Å². The van der Waals surface area contributed by atoms with Gasteiger partial charge in [-0.15, -0.1) is 0 Å². The number of hydrogen-bond acceptors (Lipinski definition) is 3. The Kier molecular flexibility index (Phi) is 6.00. The van der Waals surface area contributed by atoms with Crippen LogP contribution >= 0.6 is 15.9 Å². The van der Waals surface area contributed by atoms with Crippen LogP contribution in [0, 0.1) is 0 Å². The van der Waals surface area contributed by atoms with Gasteiger partial charge in [-0.05, 0) is 40.5 Å². The molecule has 0 saturated carbocycles. The lowest BCUT2D eigenvalue weighted by molar-refractivity contribution is -0.120. The first kappa shape index (κ1) is 14.0. The number of benzene rings is 1. The van der Waals surface area contributed by atoms with Crippen molar-refractivity contribution in [2.24, 2.45) is 0 Å². The molecule has 0 atom stereocenters. The minimum Gasteiger partial charge on any atom is -0.508 e. The molecule has 0 saturated heterocycles. The highest BCUT2D eigenvalue weighted by atomic mass is 79.9. The van der Waals surface area contributed by atoms with E-state index in [0.717, 1.165) is 12.8 Å². The minimum absolute atomic E-state index is 0.0489. The average Bonchev–Trinajstić information content (AvgIpc) is 2.28. The Hall–Kier alpha value is -1.07. The highest BCUT2D eigenvalue weighted by Gasteiger charge is 2.06. The van der Waals surface area contributed by atoms with Crippen LogP contribution in [0.4, 0.5) is 5.69 Å². The lowest BCUT2D eigenvalue weighted by Crippen LogP contribution is -2.18. The largest absolute Gasteiger partial charge is 0.508 e. The molecular weight excluding hydrogens is 286 g/mol. The normalized spacial score (nSPS) is 10.2. The van der Waals surface area contributed by atoms with Gasteiger partial charge in [0.1, 0.15) is 12.4 Å². The Morgan fingerprint density at radius 2 is 2.29 bits per heavy atom. The van der Waals surface area contributed by atoms with Gasteiger partial charge in [-0.2, -0.15) is 0 Å². The molecular formula is C12H16BrNO3. The minimum atomic E-state index is -0.201. The van der Waals surface area contributed by atoms with Crippen molar-refractivity contribution >= 4 is 27.5 Å². The fourth-order valence-electron chi connectivity index (χ4n) is 1.20. The Bertz CT molecular complexity index is 382. The van der Waals surface area contributed by atoms with Crippen LogP contribution in [0.1, 0.15) is 19.8 Å². The third-order valence-electron chi connectivity index (χ3n) is 2.10. The number of hydrogen-bond donors (Lipinski definition) is 2. The van der Waals surface area contributed by atoms with Gasteiger partial charge in [-0.1, -0.05) is 13.3 Å². The second-order valence-corrected chi connectivity index (χ2v) is 4.47. The van der Waals surface area contributed by atoms with Gasteiger partial charge in [0.15, 0.2) is 0 Å². The predicted octanol–water partition coefficient (Wildman–Crippen LogP) is 2.91. The van der Waals surface area contributed by atoms with Gasteiger partial charge in [0.05, 0.1) is 5.69 Å². The van der Waals surface area contributed by atoms with E-state index in [1.54, 1.807) is 6.07 Å². The number of rotatable bonds is 6. The molecule has 0 bridgehead atoms. The molecule has 4 nitrogen and oxygen atoms in total. The van der Waals surface area contributed by atoms with Gasteiger partial charge >= 0.3 is 0 Å². The Morgan fingerprint density at radius 3 is 2.94 bits per heavy atom. The molecule has 0 radical (unpaired) electrons. The highest BCUT2D eigenvalue weighted by Crippen LogP contribution is 2.26. The molecule has 1 rings (SSSR count). The van der Waals surface area contributed by atoms with Crippen LogP contribution in [0.2, 0.25) is 0 Å². The molecule has 2 N–H and O–H groups in total. The van der Waals surface area contributed by atoms with Crippen LogP contribution in [-0.2, 0) is 9.53 Å². The maximum absolute atomic E-state index is 11.5. The zero-order valence-electron chi connectivity index (χ0n) is 9.70. The van der Waals surface area contributed by atoms with E-state index in [1.165, 1.54) is 12.1 Å². The fourth-order valence-corrected chi connectivity index (χ4v) is 1.67. The van der Waals surface area contributed by atoms with E-state index in [1.807, 2.05) is 0 Å². The Balaban J connectivity index is 2.40. The van der Waals surface area contributed by atoms with Crippen LogP contribution in [0.3, 0.4) is 0 Å². The molecule has 0 aromatic heterocycles. The molecule has 17 heavy (non-hydrogen) atoms. The number of carbonyl (C=O) groups excluding carboxylic acids is 1. The third kappa shape index (κ3) is 5.19. The summed E-state index contributed by atoms with van der Waals surface area (Å²) in [5.74, 6) is -0.0541. The van der Waals surface area contributed by atoms with Gasteiger partial charge in [0.25, 0.3) is 0 Å². The van der Waals surface area contributed by atoms with Crippen molar-refractivity contribution in [2.45, 2.75) is 19.8 Å². The number of anilines is 1. The summed E-state index contributed by atoms with van der Waals surface area (Å²) >= 11 is 3.25. The van der Waals surface area contributed by atoms with Gasteiger partial charge in [-0.3, -0.25) is 4.79 Å². The van der Waals surface area contributed by atoms with E-state index >= 15 is 0 Å². The Morgan fingerprint density at radius 1 is 1.53 bits per heavy atom. The summed E-state index contributed by atoms with van der Waals surface area (Å²) in [6.07, 6.45) is 2.00. The standard InChI is InChI=1S/C12H16BrNO3/c1-2-3-6-17-8-12(16)14-11-5-4-9(15)7-10(11)13/h4-5,7,15H,2-3,6,8H2,1H3,(H,14,16). The van der Waals surface area contributed by atoms with Crippen molar-refractivity contribution in [2.75, 3.05) is 18.5 Å². The first-order valence-electron chi connectivity index (χ1n) is 5.49. The number of amides is 1. The van der Waals surface area contributed by atoms with Crippen LogP contribution in [0.5, 0.6) is 5.75 Å². The average molecular weight is 302 g/mol. The summed E-state index contributed by atoms with van der Waals surface area (Å²) in [5, 5.41) is 11.9. The third-order valence-corrected chi connectivity index (χ3v) is 2.76. The molecule has 0 aliphatic rings. The second-order valence-electron chi connectivity index (χ2n) is 3.62. The second kappa shape index (κ2) is 7.29. The first-order valence-corrected chi connectivity index (χ1v) is 6.29. The lowest BCUT2D eigenvalue weighted by Gasteiger charge is -2.08. The van der Waals surface area contributed by atoms with Crippen LogP contribution in [0.25, 0.3) is 0 Å². The SMILES string of the molecule is CCCCOCC(=O)Nc1ccc(O)cc1Br. The van der Waals surface area contributed by atoms with Crippen molar-refractivity contribution in [1.82, 2.24) is 0 Å². The van der Waals surface area contributed by atoms with Crippen LogP contribution in [-0.4, -0.2) is 24.2 Å². The lowest BCUT2D eigenvalue weighted by atomic mass is 10.3. The van der Waals surface area contributed by atoms with Gasteiger partial charge in [0.2, 0.25) is 5.91 Å². The molecule has 0 aliphatic carbocycles. The van der Waals surface area contributed by atoms with E-state index in [2.05, 4.69) is 28.2 Å². The molecule has 0 unspecified atom stereocenters. The first-order chi connectivity index (χ1) is 8.13. The van der Waals surface area contributed by atoms with Crippen LogP contribution < -0.4 is 5.32 Å². The van der Waals surface area contributed by atoms with E-state index in [-0.39, 0.29) is 18.3 Å². The fraction of sp³-hybridized carbons (Fsp3) is 0.417. The zero-order valence-corrected chi connectivity index (χ0v) is 11.3. The quantitative estimate of drug-likeness (QED) is 0.627. The number of halogens is 1. The summed E-state index contributed by atoms with van der Waals surface area (Å²) in [6.45, 7) is 2.71.